The van der Waals surface area contributed by atoms with Gasteiger partial charge in [0.1, 0.15) is 5.82 Å². The summed E-state index contributed by atoms with van der Waals surface area (Å²) in [5.41, 5.74) is 7.39. The first kappa shape index (κ1) is 11.6. The number of benzene rings is 1. The maximum atomic E-state index is 13.7. The zero-order chi connectivity index (χ0) is 11.8. The lowest BCUT2D eigenvalue weighted by Gasteiger charge is -2.45. The number of halogens is 1. The molecule has 0 aromatic heterocycles. The van der Waals surface area contributed by atoms with Crippen LogP contribution < -0.4 is 5.73 Å². The number of aryl methyl sites for hydroxylation is 1. The van der Waals surface area contributed by atoms with Gasteiger partial charge in [-0.15, -0.1) is 0 Å². The summed E-state index contributed by atoms with van der Waals surface area (Å²) in [5, 5.41) is 0. The van der Waals surface area contributed by atoms with Crippen molar-refractivity contribution < 1.29 is 9.13 Å². The van der Waals surface area contributed by atoms with Crippen LogP contribution >= 0.6 is 0 Å². The molecule has 0 radical (unpaired) electrons. The number of nitrogens with two attached hydrogens (primary N) is 1. The highest BCUT2D eigenvalue weighted by Crippen LogP contribution is 2.44. The van der Waals surface area contributed by atoms with Crippen molar-refractivity contribution >= 4 is 0 Å². The number of rotatable bonds is 3. The molecule has 1 unspecified atom stereocenters. The summed E-state index contributed by atoms with van der Waals surface area (Å²) in [6, 6.07) is 4.68. The Morgan fingerprint density at radius 3 is 2.62 bits per heavy atom. The van der Waals surface area contributed by atoms with Crippen LogP contribution in [0.25, 0.3) is 0 Å². The van der Waals surface area contributed by atoms with Gasteiger partial charge in [0.15, 0.2) is 0 Å². The van der Waals surface area contributed by atoms with E-state index in [1.54, 1.807) is 13.2 Å². The molecule has 0 amide bonds. The van der Waals surface area contributed by atoms with Gasteiger partial charge in [-0.05, 0) is 32.3 Å². The zero-order valence-electron chi connectivity index (χ0n) is 9.79. The Balaban J connectivity index is 2.32. The largest absolute Gasteiger partial charge is 0.376 e. The van der Waals surface area contributed by atoms with Gasteiger partial charge in [0.25, 0.3) is 0 Å². The van der Waals surface area contributed by atoms with Crippen LogP contribution in [0.5, 0.6) is 0 Å². The first-order valence-corrected chi connectivity index (χ1v) is 5.66. The van der Waals surface area contributed by atoms with Gasteiger partial charge < -0.3 is 10.5 Å². The van der Waals surface area contributed by atoms with Crippen molar-refractivity contribution in [1.29, 1.82) is 0 Å². The summed E-state index contributed by atoms with van der Waals surface area (Å²) in [6.07, 6.45) is 2.94. The molecule has 1 aliphatic rings. The highest BCUT2D eigenvalue weighted by atomic mass is 19.1. The van der Waals surface area contributed by atoms with Crippen LogP contribution in [0, 0.1) is 12.7 Å². The van der Waals surface area contributed by atoms with Gasteiger partial charge in [0.2, 0.25) is 0 Å². The fourth-order valence-electron chi connectivity index (χ4n) is 2.35. The van der Waals surface area contributed by atoms with Gasteiger partial charge in [-0.25, -0.2) is 4.39 Å². The molecule has 0 aliphatic heterocycles. The smallest absolute Gasteiger partial charge is 0.128 e. The Morgan fingerprint density at radius 2 is 2.12 bits per heavy atom. The Bertz CT molecular complexity index is 382. The van der Waals surface area contributed by atoms with Gasteiger partial charge in [-0.3, -0.25) is 0 Å². The van der Waals surface area contributed by atoms with Crippen LogP contribution in [0.4, 0.5) is 4.39 Å². The minimum Gasteiger partial charge on any atom is -0.376 e. The summed E-state index contributed by atoms with van der Waals surface area (Å²) in [7, 11) is 1.66. The molecular weight excluding hydrogens is 205 g/mol. The van der Waals surface area contributed by atoms with E-state index in [0.29, 0.717) is 5.56 Å². The van der Waals surface area contributed by atoms with Crippen LogP contribution in [0.15, 0.2) is 18.2 Å². The molecule has 1 fully saturated rings. The second kappa shape index (κ2) is 4.15. The second-order valence-corrected chi connectivity index (χ2v) is 4.63. The van der Waals surface area contributed by atoms with E-state index in [2.05, 4.69) is 0 Å². The van der Waals surface area contributed by atoms with Gasteiger partial charge in [0, 0.05) is 12.7 Å². The Morgan fingerprint density at radius 1 is 1.44 bits per heavy atom. The lowest BCUT2D eigenvalue weighted by atomic mass is 9.72. The van der Waals surface area contributed by atoms with Gasteiger partial charge in [-0.2, -0.15) is 0 Å². The van der Waals surface area contributed by atoms with E-state index in [1.807, 2.05) is 13.0 Å². The maximum absolute atomic E-state index is 13.7. The molecule has 1 aromatic rings. The molecule has 16 heavy (non-hydrogen) atoms. The summed E-state index contributed by atoms with van der Waals surface area (Å²) in [6.45, 7) is 1.94. The fourth-order valence-corrected chi connectivity index (χ4v) is 2.35. The molecule has 2 rings (SSSR count). The number of ether oxygens (including phenoxy) is 1. The zero-order valence-corrected chi connectivity index (χ0v) is 9.79. The van der Waals surface area contributed by atoms with Crippen LogP contribution in [0.3, 0.4) is 0 Å². The topological polar surface area (TPSA) is 35.2 Å². The Kier molecular flexibility index (Phi) is 3.00. The Hall–Kier alpha value is -0.930. The minimum absolute atomic E-state index is 0.235. The van der Waals surface area contributed by atoms with E-state index in [4.69, 9.17) is 10.5 Å². The molecule has 2 N–H and O–H groups in total. The van der Waals surface area contributed by atoms with Crippen molar-refractivity contribution in [3.05, 3.63) is 35.1 Å². The minimum atomic E-state index is -0.369. The van der Waals surface area contributed by atoms with Crippen molar-refractivity contribution in [2.45, 2.75) is 37.8 Å². The van der Waals surface area contributed by atoms with Gasteiger partial charge >= 0.3 is 0 Å². The van der Waals surface area contributed by atoms with Crippen LogP contribution in [-0.4, -0.2) is 12.7 Å². The van der Waals surface area contributed by atoms with Gasteiger partial charge in [0.05, 0.1) is 11.6 Å². The summed E-state index contributed by atoms with van der Waals surface area (Å²) < 4.78 is 19.2. The monoisotopic (exact) mass is 223 g/mol. The van der Waals surface area contributed by atoms with Crippen molar-refractivity contribution in [1.82, 2.24) is 0 Å². The van der Waals surface area contributed by atoms with E-state index in [-0.39, 0.29) is 17.5 Å². The molecule has 1 saturated carbocycles. The predicted molar refractivity (Wildman–Crippen MR) is 61.7 cm³/mol. The number of hydrogen-bond donors (Lipinski definition) is 1. The average Bonchev–Trinajstić information content (AvgIpc) is 2.21. The predicted octanol–water partition coefficient (Wildman–Crippen LogP) is 2.70. The SMILES string of the molecule is COC1(C(N)c2cc(C)ccc2F)CCC1. The molecule has 0 heterocycles. The van der Waals surface area contributed by atoms with Gasteiger partial charge in [-0.1, -0.05) is 17.7 Å². The molecule has 2 nitrogen and oxygen atoms in total. The van der Waals surface area contributed by atoms with Crippen molar-refractivity contribution in [3.8, 4) is 0 Å². The lowest BCUT2D eigenvalue weighted by molar-refractivity contribution is -0.0917. The van der Waals surface area contributed by atoms with Crippen molar-refractivity contribution in [2.75, 3.05) is 7.11 Å². The highest BCUT2D eigenvalue weighted by molar-refractivity contribution is 5.29. The third kappa shape index (κ3) is 1.74. The average molecular weight is 223 g/mol. The first-order chi connectivity index (χ1) is 7.59. The lowest BCUT2D eigenvalue weighted by Crippen LogP contribution is -2.48. The molecule has 1 atom stereocenters. The Labute approximate surface area is 95.6 Å². The highest BCUT2D eigenvalue weighted by Gasteiger charge is 2.44. The van der Waals surface area contributed by atoms with E-state index in [0.717, 1.165) is 24.8 Å². The van der Waals surface area contributed by atoms with Crippen LogP contribution in [-0.2, 0) is 4.74 Å². The number of hydrogen-bond acceptors (Lipinski definition) is 2. The molecule has 0 saturated heterocycles. The molecule has 3 heteroatoms. The van der Waals surface area contributed by atoms with Crippen LogP contribution in [0.2, 0.25) is 0 Å². The summed E-state index contributed by atoms with van der Waals surface area (Å²) >= 11 is 0. The molecule has 0 spiro atoms. The molecule has 1 aromatic carbocycles. The molecule has 88 valence electrons. The quantitative estimate of drug-likeness (QED) is 0.855. The van der Waals surface area contributed by atoms with Crippen molar-refractivity contribution in [3.63, 3.8) is 0 Å². The third-order valence-corrected chi connectivity index (χ3v) is 3.66. The fraction of sp³-hybridized carbons (Fsp3) is 0.538. The van der Waals surface area contributed by atoms with E-state index in [1.165, 1.54) is 6.07 Å². The normalized spacial score (nSPS) is 20.2. The molecule has 1 aliphatic carbocycles. The van der Waals surface area contributed by atoms with E-state index >= 15 is 0 Å². The second-order valence-electron chi connectivity index (χ2n) is 4.63. The van der Waals surface area contributed by atoms with Crippen molar-refractivity contribution in [2.24, 2.45) is 5.73 Å². The molecule has 0 bridgehead atoms. The maximum Gasteiger partial charge on any atom is 0.128 e. The molecular formula is C13H18FNO. The summed E-state index contributed by atoms with van der Waals surface area (Å²) in [5.74, 6) is -0.235. The number of methoxy groups -OCH3 is 1. The van der Waals surface area contributed by atoms with E-state index in [9.17, 15) is 4.39 Å². The standard InChI is InChI=1S/C13H18FNO/c1-9-4-5-11(14)10(8-9)12(15)13(16-2)6-3-7-13/h4-5,8,12H,3,6-7,15H2,1-2H3. The third-order valence-electron chi connectivity index (χ3n) is 3.66. The first-order valence-electron chi connectivity index (χ1n) is 5.66. The summed E-state index contributed by atoms with van der Waals surface area (Å²) in [4.78, 5) is 0. The van der Waals surface area contributed by atoms with E-state index < -0.39 is 0 Å². The van der Waals surface area contributed by atoms with Crippen LogP contribution in [0.1, 0.15) is 36.4 Å².